The molecule has 43 heavy (non-hydrogen) atoms. The van der Waals surface area contributed by atoms with Crippen LogP contribution in [-0.4, -0.2) is 74.2 Å². The fraction of sp³-hybridized carbons (Fsp3) is 0.486. The van der Waals surface area contributed by atoms with E-state index < -0.39 is 0 Å². The van der Waals surface area contributed by atoms with Crippen LogP contribution in [0.15, 0.2) is 72.8 Å². The molecule has 6 heteroatoms. The average Bonchev–Trinajstić information content (AvgIpc) is 3.05. The zero-order valence-corrected chi connectivity index (χ0v) is 25.8. The zero-order chi connectivity index (χ0) is 29.4. The summed E-state index contributed by atoms with van der Waals surface area (Å²) in [5, 5.41) is 0. The van der Waals surface area contributed by atoms with Gasteiger partial charge < -0.3 is 14.4 Å². The first-order valence-corrected chi connectivity index (χ1v) is 16.3. The molecule has 3 fully saturated rings. The smallest absolute Gasteiger partial charge is 0.163 e. The van der Waals surface area contributed by atoms with Crippen molar-refractivity contribution in [1.82, 2.24) is 9.80 Å². The Kier molecular flexibility index (Phi) is 10.1. The maximum atomic E-state index is 13.2. The van der Waals surface area contributed by atoms with Gasteiger partial charge in [0.05, 0.1) is 13.2 Å². The number of aryl methyl sites for hydroxylation is 1. The minimum Gasteiger partial charge on any atom is -0.490 e. The Balaban J connectivity index is 0.921. The number of benzene rings is 3. The van der Waals surface area contributed by atoms with Gasteiger partial charge in [-0.2, -0.15) is 0 Å². The fourth-order valence-corrected chi connectivity index (χ4v) is 6.69. The molecule has 3 aromatic rings. The predicted octanol–water partition coefficient (Wildman–Crippen LogP) is 6.36. The maximum absolute atomic E-state index is 13.2. The molecule has 228 valence electrons. The quantitative estimate of drug-likeness (QED) is 0.260. The van der Waals surface area contributed by atoms with Crippen molar-refractivity contribution in [3.8, 4) is 5.75 Å². The van der Waals surface area contributed by atoms with Crippen LogP contribution in [0, 0.1) is 12.8 Å². The number of rotatable bonds is 10. The highest BCUT2D eigenvalue weighted by Crippen LogP contribution is 2.26. The first-order valence-electron chi connectivity index (χ1n) is 16.3. The number of hydrogen-bond acceptors (Lipinski definition) is 6. The first kappa shape index (κ1) is 29.9. The standard InChI is InChI=1S/C37H47N3O3/c1-29-5-7-31(8-6-29)27-38-17-13-30(14-18-38)25-37(41)33-3-2-4-36(26-33)43-35-15-19-39(20-16-35)28-32-9-11-34(12-10-32)40-21-23-42-24-22-40/h2-12,26,30,35H,13-25,27-28H2,1H3. The summed E-state index contributed by atoms with van der Waals surface area (Å²) in [7, 11) is 0. The third-order valence-corrected chi connectivity index (χ3v) is 9.42. The van der Waals surface area contributed by atoms with Crippen LogP contribution in [0.4, 0.5) is 5.69 Å². The highest BCUT2D eigenvalue weighted by Gasteiger charge is 2.24. The Morgan fingerprint density at radius 2 is 1.37 bits per heavy atom. The second kappa shape index (κ2) is 14.5. The molecule has 0 N–H and O–H groups in total. The number of carbonyl (C=O) groups is 1. The lowest BCUT2D eigenvalue weighted by molar-refractivity contribution is 0.0915. The summed E-state index contributed by atoms with van der Waals surface area (Å²) in [6.45, 7) is 11.9. The summed E-state index contributed by atoms with van der Waals surface area (Å²) in [6, 6.07) is 25.8. The normalized spacial score (nSPS) is 19.4. The van der Waals surface area contributed by atoms with E-state index in [2.05, 4.69) is 70.2 Å². The Morgan fingerprint density at radius 3 is 2.02 bits per heavy atom. The number of ether oxygens (including phenoxy) is 2. The molecule has 3 aromatic carbocycles. The number of nitrogens with zero attached hydrogens (tertiary/aromatic N) is 3. The molecule has 3 saturated heterocycles. The molecule has 0 aromatic heterocycles. The predicted molar refractivity (Wildman–Crippen MR) is 173 cm³/mol. The van der Waals surface area contributed by atoms with Crippen molar-refractivity contribution in [2.24, 2.45) is 5.92 Å². The molecule has 3 aliphatic heterocycles. The van der Waals surface area contributed by atoms with Crippen molar-refractivity contribution < 1.29 is 14.3 Å². The lowest BCUT2D eigenvalue weighted by Crippen LogP contribution is -2.38. The Labute approximate surface area is 257 Å². The average molecular weight is 582 g/mol. The third-order valence-electron chi connectivity index (χ3n) is 9.42. The molecular weight excluding hydrogens is 534 g/mol. The van der Waals surface area contributed by atoms with Crippen molar-refractivity contribution in [2.45, 2.75) is 58.2 Å². The topological polar surface area (TPSA) is 45.2 Å². The van der Waals surface area contributed by atoms with Crippen molar-refractivity contribution >= 4 is 11.5 Å². The van der Waals surface area contributed by atoms with Gasteiger partial charge in [0.15, 0.2) is 5.78 Å². The van der Waals surface area contributed by atoms with Gasteiger partial charge in [-0.3, -0.25) is 14.6 Å². The van der Waals surface area contributed by atoms with E-state index in [4.69, 9.17) is 9.47 Å². The third kappa shape index (κ3) is 8.47. The summed E-state index contributed by atoms with van der Waals surface area (Å²) < 4.78 is 11.9. The summed E-state index contributed by atoms with van der Waals surface area (Å²) in [5.74, 6) is 1.54. The Morgan fingerprint density at radius 1 is 0.767 bits per heavy atom. The number of anilines is 1. The second-order valence-electron chi connectivity index (χ2n) is 12.7. The molecule has 0 unspecified atom stereocenters. The SMILES string of the molecule is Cc1ccc(CN2CCC(CC(=O)c3cccc(OC4CCN(Cc5ccc(N6CCOCC6)cc5)CC4)c3)CC2)cc1. The number of morpholine rings is 1. The molecule has 0 amide bonds. The fourth-order valence-electron chi connectivity index (χ4n) is 6.69. The second-order valence-corrected chi connectivity index (χ2v) is 12.7. The van der Waals surface area contributed by atoms with E-state index in [-0.39, 0.29) is 11.9 Å². The van der Waals surface area contributed by atoms with Crippen LogP contribution >= 0.6 is 0 Å². The highest BCUT2D eigenvalue weighted by molar-refractivity contribution is 5.96. The van der Waals surface area contributed by atoms with Crippen LogP contribution < -0.4 is 9.64 Å². The maximum Gasteiger partial charge on any atom is 0.163 e. The molecule has 0 aliphatic carbocycles. The summed E-state index contributed by atoms with van der Waals surface area (Å²) >= 11 is 0. The molecule has 0 spiro atoms. The van der Waals surface area contributed by atoms with Gasteiger partial charge in [0.2, 0.25) is 0 Å². The van der Waals surface area contributed by atoms with Crippen molar-refractivity contribution in [1.29, 1.82) is 0 Å². The molecule has 3 aliphatic rings. The minimum atomic E-state index is 0.197. The molecule has 0 radical (unpaired) electrons. The first-order chi connectivity index (χ1) is 21.1. The summed E-state index contributed by atoms with van der Waals surface area (Å²) in [4.78, 5) is 20.6. The van der Waals surface area contributed by atoms with Crippen molar-refractivity contribution in [3.05, 3.63) is 95.1 Å². The summed E-state index contributed by atoms with van der Waals surface area (Å²) in [6.07, 6.45) is 5.02. The molecule has 0 atom stereocenters. The lowest BCUT2D eigenvalue weighted by Gasteiger charge is -2.32. The number of likely N-dealkylation sites (tertiary alicyclic amines) is 2. The van der Waals surface area contributed by atoms with E-state index in [0.717, 1.165) is 103 Å². The van der Waals surface area contributed by atoms with Crippen LogP contribution in [0.5, 0.6) is 5.75 Å². The molecule has 6 nitrogen and oxygen atoms in total. The van der Waals surface area contributed by atoms with Crippen LogP contribution in [0.3, 0.4) is 0 Å². The van der Waals surface area contributed by atoms with E-state index >= 15 is 0 Å². The van der Waals surface area contributed by atoms with Gasteiger partial charge in [-0.15, -0.1) is 0 Å². The number of carbonyl (C=O) groups excluding carboxylic acids is 1. The number of ketones is 1. The van der Waals surface area contributed by atoms with E-state index in [1.54, 1.807) is 0 Å². The highest BCUT2D eigenvalue weighted by atomic mass is 16.5. The number of hydrogen-bond donors (Lipinski definition) is 0. The molecule has 0 bridgehead atoms. The zero-order valence-electron chi connectivity index (χ0n) is 25.8. The van der Waals surface area contributed by atoms with Gasteiger partial charge >= 0.3 is 0 Å². The molecule has 0 saturated carbocycles. The number of piperidine rings is 2. The lowest BCUT2D eigenvalue weighted by atomic mass is 9.89. The van der Waals surface area contributed by atoms with Gasteiger partial charge in [0, 0.05) is 56.9 Å². The van der Waals surface area contributed by atoms with E-state index in [1.807, 2.05) is 24.3 Å². The largest absolute Gasteiger partial charge is 0.490 e. The van der Waals surface area contributed by atoms with Gasteiger partial charge in [-0.05, 0) is 87.0 Å². The van der Waals surface area contributed by atoms with Crippen LogP contribution in [0.1, 0.15) is 59.2 Å². The van der Waals surface area contributed by atoms with Crippen LogP contribution in [0.2, 0.25) is 0 Å². The Hall–Kier alpha value is -3.19. The van der Waals surface area contributed by atoms with Gasteiger partial charge in [0.1, 0.15) is 11.9 Å². The van der Waals surface area contributed by atoms with Gasteiger partial charge in [-0.25, -0.2) is 0 Å². The van der Waals surface area contributed by atoms with Crippen molar-refractivity contribution in [2.75, 3.05) is 57.4 Å². The van der Waals surface area contributed by atoms with E-state index in [9.17, 15) is 4.79 Å². The summed E-state index contributed by atoms with van der Waals surface area (Å²) in [5.41, 5.74) is 6.12. The molecule has 3 heterocycles. The minimum absolute atomic E-state index is 0.197. The van der Waals surface area contributed by atoms with Crippen LogP contribution in [-0.2, 0) is 17.8 Å². The van der Waals surface area contributed by atoms with Gasteiger partial charge in [-0.1, -0.05) is 54.1 Å². The molecular formula is C37H47N3O3. The number of Topliss-reactive ketones (excluding diaryl/α,β-unsaturated/α-hetero) is 1. The van der Waals surface area contributed by atoms with Crippen LogP contribution in [0.25, 0.3) is 0 Å². The Bertz CT molecular complexity index is 1300. The monoisotopic (exact) mass is 581 g/mol. The van der Waals surface area contributed by atoms with Gasteiger partial charge in [0.25, 0.3) is 0 Å². The van der Waals surface area contributed by atoms with E-state index in [1.165, 1.54) is 22.4 Å². The molecule has 6 rings (SSSR count). The van der Waals surface area contributed by atoms with E-state index in [0.29, 0.717) is 12.3 Å². The van der Waals surface area contributed by atoms with Crippen molar-refractivity contribution in [3.63, 3.8) is 0 Å².